The van der Waals surface area contributed by atoms with Crippen molar-refractivity contribution in [3.05, 3.63) is 139 Å². The quantitative estimate of drug-likeness (QED) is 0.157. The summed E-state index contributed by atoms with van der Waals surface area (Å²) in [5.41, 5.74) is 16.0. The number of rotatable bonds is 1. The Labute approximate surface area is 324 Å². The molecule has 0 bridgehead atoms. The molecule has 0 N–H and O–H groups in total. The molecule has 2 aliphatic heterocycles. The van der Waals surface area contributed by atoms with Crippen molar-refractivity contribution in [1.29, 1.82) is 0 Å². The van der Waals surface area contributed by atoms with E-state index in [1.807, 2.05) is 11.3 Å². The summed E-state index contributed by atoms with van der Waals surface area (Å²) in [4.78, 5) is 2.62. The Hall–Kier alpha value is -5.78. The molecule has 3 aromatic heterocycles. The summed E-state index contributed by atoms with van der Waals surface area (Å²) in [7, 11) is 0. The topological polar surface area (TPSA) is 21.3 Å². The third-order valence-electron chi connectivity index (χ3n) is 12.5. The number of benzene rings is 7. The maximum absolute atomic E-state index is 6.61. The zero-order chi connectivity index (χ0) is 37.1. The number of hydrogen-bond donors (Lipinski definition) is 0. The predicted molar refractivity (Wildman–Crippen MR) is 237 cm³/mol. The minimum Gasteiger partial charge on any atom is -0.456 e. The first-order chi connectivity index (χ1) is 26.5. The van der Waals surface area contributed by atoms with Crippen LogP contribution < -0.4 is 15.7 Å². The zero-order valence-electron chi connectivity index (χ0n) is 31.9. The van der Waals surface area contributed by atoms with Gasteiger partial charge in [0.15, 0.2) is 0 Å². The zero-order valence-corrected chi connectivity index (χ0v) is 32.7. The molecule has 264 valence electrons. The largest absolute Gasteiger partial charge is 0.456 e. The summed E-state index contributed by atoms with van der Waals surface area (Å²) < 4.78 is 11.9. The van der Waals surface area contributed by atoms with Crippen LogP contribution in [-0.2, 0) is 10.8 Å². The highest BCUT2D eigenvalue weighted by Crippen LogP contribution is 2.49. The summed E-state index contributed by atoms with van der Waals surface area (Å²) >= 11 is 1.90. The Kier molecular flexibility index (Phi) is 6.02. The molecule has 55 heavy (non-hydrogen) atoms. The normalized spacial score (nSPS) is 13.9. The lowest BCUT2D eigenvalue weighted by Crippen LogP contribution is -2.60. The average molecular weight is 727 g/mol. The van der Waals surface area contributed by atoms with Gasteiger partial charge in [-0.3, -0.25) is 0 Å². The fourth-order valence-electron chi connectivity index (χ4n) is 9.70. The first kappa shape index (κ1) is 31.6. The second-order valence-corrected chi connectivity index (χ2v) is 18.9. The Bertz CT molecular complexity index is 3290. The van der Waals surface area contributed by atoms with Crippen molar-refractivity contribution in [2.24, 2.45) is 0 Å². The van der Waals surface area contributed by atoms with Crippen LogP contribution in [0.1, 0.15) is 52.7 Å². The van der Waals surface area contributed by atoms with E-state index in [0.717, 1.165) is 21.9 Å². The summed E-state index contributed by atoms with van der Waals surface area (Å²) in [5, 5.41) is 7.60. The first-order valence-electron chi connectivity index (χ1n) is 19.5. The fraction of sp³-hybridized carbons (Fsp3) is 0.160. The highest BCUT2D eigenvalue weighted by atomic mass is 32.1. The van der Waals surface area contributed by atoms with Gasteiger partial charge in [-0.05, 0) is 87.0 Å². The van der Waals surface area contributed by atoms with Gasteiger partial charge >= 0.3 is 6.85 Å². The van der Waals surface area contributed by atoms with Gasteiger partial charge in [-0.2, -0.15) is 0 Å². The number of fused-ring (bicyclic) bond motifs is 14. The lowest BCUT2D eigenvalue weighted by molar-refractivity contribution is 0.590. The average Bonchev–Trinajstić information content (AvgIpc) is 3.83. The molecule has 3 nitrogen and oxygen atoms in total. The molecule has 0 spiro atoms. The number of hydrogen-bond acceptors (Lipinski definition) is 3. The molecule has 0 radical (unpaired) electrons. The minimum absolute atomic E-state index is 0.0155. The molecule has 0 unspecified atom stereocenters. The number of furan rings is 1. The first-order valence-corrected chi connectivity index (χ1v) is 20.3. The molecule has 10 aromatic rings. The smallest absolute Gasteiger partial charge is 0.333 e. The Balaban J connectivity index is 1.25. The van der Waals surface area contributed by atoms with Crippen LogP contribution >= 0.6 is 11.3 Å². The summed E-state index contributed by atoms with van der Waals surface area (Å²) in [6.45, 7) is 13.8. The van der Waals surface area contributed by atoms with E-state index in [2.05, 4.69) is 178 Å². The van der Waals surface area contributed by atoms with Gasteiger partial charge < -0.3 is 13.8 Å². The van der Waals surface area contributed by atoms with Crippen molar-refractivity contribution in [2.75, 3.05) is 4.81 Å². The highest BCUT2D eigenvalue weighted by molar-refractivity contribution is 7.25. The van der Waals surface area contributed by atoms with Crippen LogP contribution in [0.2, 0.25) is 0 Å². The van der Waals surface area contributed by atoms with E-state index in [9.17, 15) is 0 Å². The van der Waals surface area contributed by atoms with Crippen LogP contribution in [0.25, 0.3) is 80.7 Å². The Morgan fingerprint density at radius 1 is 0.527 bits per heavy atom. The molecular formula is C50H39BN2OS. The van der Waals surface area contributed by atoms with Gasteiger partial charge in [0.25, 0.3) is 0 Å². The van der Waals surface area contributed by atoms with Crippen molar-refractivity contribution in [2.45, 2.75) is 52.4 Å². The molecule has 7 aromatic carbocycles. The number of anilines is 2. The van der Waals surface area contributed by atoms with Gasteiger partial charge in [-0.1, -0.05) is 114 Å². The monoisotopic (exact) mass is 726 g/mol. The standard InChI is InChI=1S/C50H39BN2OS/c1-49(2,3)28-15-18-30(19-16-28)53-42-26-44-37(31-11-7-9-13-43(31)54-44)24-35(42)33-20-21-34-36-25-38-32-12-8-10-14-45(32)55-46(38)27-41(36)52-40-22-17-29(50(4,5)6)23-39(40)51(53)47(33)48(34)52/h7-27H,1-6H3. The van der Waals surface area contributed by atoms with Crippen LogP contribution in [0.4, 0.5) is 11.4 Å². The Morgan fingerprint density at radius 3 is 2.07 bits per heavy atom. The van der Waals surface area contributed by atoms with Crippen molar-refractivity contribution < 1.29 is 4.42 Å². The number of para-hydroxylation sites is 1. The van der Waals surface area contributed by atoms with E-state index in [0.29, 0.717) is 0 Å². The fourth-order valence-corrected chi connectivity index (χ4v) is 10.8. The Morgan fingerprint density at radius 2 is 1.27 bits per heavy atom. The summed E-state index contributed by atoms with van der Waals surface area (Å²) in [6, 6.07) is 48.4. The maximum Gasteiger partial charge on any atom is 0.333 e. The molecule has 0 fully saturated rings. The van der Waals surface area contributed by atoms with Crippen LogP contribution in [0.5, 0.6) is 0 Å². The molecule has 0 saturated heterocycles. The maximum atomic E-state index is 6.61. The molecule has 5 heteroatoms. The lowest BCUT2D eigenvalue weighted by Gasteiger charge is -2.42. The number of aromatic nitrogens is 1. The van der Waals surface area contributed by atoms with Crippen molar-refractivity contribution in [3.63, 3.8) is 0 Å². The van der Waals surface area contributed by atoms with Crippen LogP contribution in [0, 0.1) is 0 Å². The van der Waals surface area contributed by atoms with Crippen molar-refractivity contribution in [1.82, 2.24) is 4.57 Å². The van der Waals surface area contributed by atoms with Crippen LogP contribution in [0.15, 0.2) is 132 Å². The SMILES string of the molecule is CC(C)(C)c1ccc(N2B3c4cc(C(C)(C)C)ccc4-n4c5cc6sc7ccccc7c6cc5c5ccc(c3c54)-c3cc4c(cc32)oc2ccccc24)cc1. The van der Waals surface area contributed by atoms with E-state index in [4.69, 9.17) is 4.42 Å². The van der Waals surface area contributed by atoms with Crippen molar-refractivity contribution in [3.8, 4) is 16.8 Å². The molecule has 2 aliphatic rings. The van der Waals surface area contributed by atoms with Crippen LogP contribution in [-0.4, -0.2) is 11.4 Å². The van der Waals surface area contributed by atoms with Gasteiger partial charge in [0, 0.05) is 70.4 Å². The molecule has 0 atom stereocenters. The van der Waals surface area contributed by atoms with Crippen LogP contribution in [0.3, 0.4) is 0 Å². The van der Waals surface area contributed by atoms with Gasteiger partial charge in [0.2, 0.25) is 0 Å². The van der Waals surface area contributed by atoms with Gasteiger partial charge in [0.05, 0.1) is 11.0 Å². The van der Waals surface area contributed by atoms with E-state index in [1.54, 1.807) is 0 Å². The number of thiophene rings is 1. The summed E-state index contributed by atoms with van der Waals surface area (Å²) in [6.07, 6.45) is 0. The molecule has 12 rings (SSSR count). The van der Waals surface area contributed by atoms with E-state index >= 15 is 0 Å². The molecule has 5 heterocycles. The molecule has 0 amide bonds. The minimum atomic E-state index is -0.0513. The van der Waals surface area contributed by atoms with E-state index in [-0.39, 0.29) is 17.7 Å². The third-order valence-corrected chi connectivity index (χ3v) is 13.6. The third kappa shape index (κ3) is 4.22. The van der Waals surface area contributed by atoms with E-state index < -0.39 is 0 Å². The van der Waals surface area contributed by atoms with Gasteiger partial charge in [0.1, 0.15) is 11.2 Å². The van der Waals surface area contributed by atoms with Gasteiger partial charge in [-0.25, -0.2) is 0 Å². The summed E-state index contributed by atoms with van der Waals surface area (Å²) in [5.74, 6) is 0. The van der Waals surface area contributed by atoms with Crippen molar-refractivity contribution >= 4 is 104 Å². The lowest BCUT2D eigenvalue weighted by atomic mass is 9.43. The second kappa shape index (κ2) is 10.5. The molecule has 0 saturated carbocycles. The molecular weight excluding hydrogens is 687 g/mol. The molecule has 0 aliphatic carbocycles. The van der Waals surface area contributed by atoms with Gasteiger partial charge in [-0.15, -0.1) is 11.3 Å². The predicted octanol–water partition coefficient (Wildman–Crippen LogP) is 12.9. The van der Waals surface area contributed by atoms with E-state index in [1.165, 1.54) is 92.2 Å². The highest BCUT2D eigenvalue weighted by Gasteiger charge is 2.44. The number of nitrogens with zero attached hydrogens (tertiary/aromatic N) is 2. The second-order valence-electron chi connectivity index (χ2n) is 17.8.